The van der Waals surface area contributed by atoms with E-state index in [4.69, 9.17) is 4.74 Å². The predicted octanol–water partition coefficient (Wildman–Crippen LogP) is 2.10. The second-order valence-corrected chi connectivity index (χ2v) is 9.95. The summed E-state index contributed by atoms with van der Waals surface area (Å²) >= 11 is -2.70. The minimum Gasteiger partial charge on any atom is -0.379 e. The Morgan fingerprint density at radius 2 is 1.44 bits per heavy atom. The summed E-state index contributed by atoms with van der Waals surface area (Å²) in [6.07, 6.45) is 0. The van der Waals surface area contributed by atoms with Gasteiger partial charge in [0.1, 0.15) is 0 Å². The Kier molecular flexibility index (Phi) is 7.69. The van der Waals surface area contributed by atoms with Gasteiger partial charge in [0.25, 0.3) is 0 Å². The van der Waals surface area contributed by atoms with Gasteiger partial charge in [-0.1, -0.05) is 60.7 Å². The normalized spacial score (nSPS) is 13.6. The lowest BCUT2D eigenvalue weighted by Crippen LogP contribution is -2.43. The van der Waals surface area contributed by atoms with Crippen LogP contribution in [-0.4, -0.2) is 61.7 Å². The van der Waals surface area contributed by atoms with Crippen LogP contribution in [-0.2, 0) is 29.7 Å². The molecular weight excluding hydrogens is 386 g/mol. The highest BCUT2D eigenvalue weighted by molar-refractivity contribution is 8.05. The number of nitrogens with zero attached hydrogens (tertiary/aromatic N) is 1. The fraction of sp³-hybridized carbons (Fsp3) is 0.368. The summed E-state index contributed by atoms with van der Waals surface area (Å²) in [5.41, 5.74) is 0.510. The lowest BCUT2D eigenvalue weighted by Gasteiger charge is -2.31. The molecule has 0 saturated heterocycles. The molecule has 0 heterocycles. The van der Waals surface area contributed by atoms with E-state index in [-0.39, 0.29) is 23.5 Å². The Morgan fingerprint density at radius 3 is 1.85 bits per heavy atom. The average Bonchev–Trinajstić information content (AvgIpc) is 2.63. The third-order valence-electron chi connectivity index (χ3n) is 4.17. The van der Waals surface area contributed by atoms with Gasteiger partial charge in [0.2, 0.25) is 4.08 Å². The zero-order valence-corrected chi connectivity index (χ0v) is 17.1. The molecule has 0 spiro atoms. The van der Waals surface area contributed by atoms with Crippen LogP contribution in [0, 0.1) is 0 Å². The first kappa shape index (κ1) is 21.7. The molecule has 27 heavy (non-hydrogen) atoms. The predicted molar refractivity (Wildman–Crippen MR) is 108 cm³/mol. The molecule has 0 saturated carbocycles. The van der Waals surface area contributed by atoms with E-state index in [1.165, 1.54) is 0 Å². The van der Waals surface area contributed by atoms with E-state index < -0.39 is 25.0 Å². The fourth-order valence-electron chi connectivity index (χ4n) is 2.81. The average molecular weight is 412 g/mol. The van der Waals surface area contributed by atoms with Crippen molar-refractivity contribution in [1.29, 1.82) is 0 Å². The van der Waals surface area contributed by atoms with E-state index in [9.17, 15) is 17.2 Å². The van der Waals surface area contributed by atoms with Gasteiger partial charge in [0, 0.05) is 6.54 Å². The minimum absolute atomic E-state index is 0.0468. The molecule has 0 aliphatic heterocycles. The first-order chi connectivity index (χ1) is 12.8. The lowest BCUT2D eigenvalue weighted by molar-refractivity contribution is 0.130. The van der Waals surface area contributed by atoms with E-state index in [2.05, 4.69) is 0 Å². The Bertz CT molecular complexity index is 799. The van der Waals surface area contributed by atoms with E-state index in [0.717, 1.165) is 0 Å². The molecule has 2 aromatic rings. The second kappa shape index (κ2) is 9.57. The molecule has 2 rings (SSSR count). The second-order valence-electron chi connectivity index (χ2n) is 6.33. The summed E-state index contributed by atoms with van der Waals surface area (Å²) in [7, 11) is -0.291. The van der Waals surface area contributed by atoms with E-state index in [1.54, 1.807) is 60.7 Å². The first-order valence-corrected chi connectivity index (χ1v) is 11.2. The molecule has 0 aliphatic carbocycles. The minimum atomic E-state index is -4.08. The molecule has 0 aromatic heterocycles. The van der Waals surface area contributed by atoms with Crippen molar-refractivity contribution in [2.75, 3.05) is 39.6 Å². The molecule has 0 fully saturated rings. The lowest BCUT2D eigenvalue weighted by atomic mass is 10.0. The molecular formula is C19H25NO5S2. The van der Waals surface area contributed by atoms with Crippen molar-refractivity contribution in [1.82, 2.24) is 4.90 Å². The van der Waals surface area contributed by atoms with Gasteiger partial charge in [0.05, 0.1) is 19.0 Å². The highest BCUT2D eigenvalue weighted by Crippen LogP contribution is 2.41. The Labute approximate surface area is 163 Å². The highest BCUT2D eigenvalue weighted by atomic mass is 32.3. The van der Waals surface area contributed by atoms with Crippen molar-refractivity contribution in [2.24, 2.45) is 0 Å². The molecule has 0 bridgehead atoms. The van der Waals surface area contributed by atoms with Crippen LogP contribution >= 0.6 is 0 Å². The van der Waals surface area contributed by atoms with Crippen molar-refractivity contribution in [3.63, 3.8) is 0 Å². The van der Waals surface area contributed by atoms with E-state index in [1.807, 2.05) is 19.0 Å². The quantitative estimate of drug-likeness (QED) is 0.476. The van der Waals surface area contributed by atoms with E-state index >= 15 is 0 Å². The number of rotatable bonds is 10. The van der Waals surface area contributed by atoms with Crippen LogP contribution in [0.5, 0.6) is 0 Å². The van der Waals surface area contributed by atoms with Crippen LogP contribution in [0.4, 0.5) is 0 Å². The van der Waals surface area contributed by atoms with Crippen LogP contribution in [0.25, 0.3) is 0 Å². The summed E-state index contributed by atoms with van der Waals surface area (Å²) in [5.74, 6) is -0.365. The van der Waals surface area contributed by atoms with Crippen LogP contribution in [0.15, 0.2) is 60.7 Å². The maximum atomic E-state index is 13.3. The fourth-order valence-corrected chi connectivity index (χ4v) is 6.22. The summed E-state index contributed by atoms with van der Waals surface area (Å²) in [6, 6.07) is 16.3. The Hall–Kier alpha value is -1.58. The largest absolute Gasteiger partial charge is 0.379 e. The monoisotopic (exact) mass is 411 g/mol. The molecule has 1 unspecified atom stereocenters. The third kappa shape index (κ3) is 4.83. The van der Waals surface area contributed by atoms with Crippen molar-refractivity contribution < 1.29 is 21.9 Å². The molecule has 148 valence electrons. The number of sulfone groups is 1. The maximum absolute atomic E-state index is 13.3. The number of hydrogen-bond acceptors (Lipinski definition) is 5. The topological polar surface area (TPSA) is 83.9 Å². The molecule has 1 N–H and O–H groups in total. The molecule has 0 amide bonds. The van der Waals surface area contributed by atoms with Crippen LogP contribution in [0.3, 0.4) is 0 Å². The van der Waals surface area contributed by atoms with Crippen LogP contribution in [0.1, 0.15) is 11.1 Å². The van der Waals surface area contributed by atoms with Crippen LogP contribution in [0.2, 0.25) is 0 Å². The maximum Gasteiger partial charge on any atom is 0.222 e. The molecule has 0 aliphatic rings. The molecule has 2 aromatic carbocycles. The van der Waals surface area contributed by atoms with Gasteiger partial charge in [-0.25, -0.2) is 12.6 Å². The number of ether oxygens (including phenoxy) is 1. The van der Waals surface area contributed by atoms with Gasteiger partial charge in [-0.2, -0.15) is 0 Å². The SMILES string of the molecule is CN(C)CCOCCS(=O)(=O)C(c1ccccc1)(c1ccccc1)S(=O)O. The van der Waals surface area contributed by atoms with Gasteiger partial charge < -0.3 is 14.2 Å². The van der Waals surface area contributed by atoms with Gasteiger partial charge in [-0.15, -0.1) is 0 Å². The highest BCUT2D eigenvalue weighted by Gasteiger charge is 2.52. The van der Waals surface area contributed by atoms with Crippen molar-refractivity contribution in [3.8, 4) is 0 Å². The molecule has 1 atom stereocenters. The standard InChI is InChI=1S/C19H25NO5S2/c1-20(2)13-14-25-15-16-27(23,24)19(26(21)22,17-9-5-3-6-10-17)18-11-7-4-8-12-18/h3-12H,13-16H2,1-2H3,(H,21,22). The first-order valence-electron chi connectivity index (χ1n) is 8.49. The Morgan fingerprint density at radius 1 is 0.963 bits per heavy atom. The summed E-state index contributed by atoms with van der Waals surface area (Å²) < 4.78 is 52.8. The number of likely N-dealkylation sites (N-methyl/N-ethyl adjacent to an activating group) is 1. The molecule has 0 radical (unpaired) electrons. The summed E-state index contributed by atoms with van der Waals surface area (Å²) in [6.45, 7) is 0.998. The van der Waals surface area contributed by atoms with Crippen molar-refractivity contribution >= 4 is 20.9 Å². The van der Waals surface area contributed by atoms with Gasteiger partial charge in [-0.05, 0) is 25.2 Å². The number of benzene rings is 2. The van der Waals surface area contributed by atoms with E-state index in [0.29, 0.717) is 13.2 Å². The molecule has 6 nitrogen and oxygen atoms in total. The zero-order chi connectivity index (χ0) is 19.9. The third-order valence-corrected chi connectivity index (χ3v) is 8.38. The zero-order valence-electron chi connectivity index (χ0n) is 15.4. The summed E-state index contributed by atoms with van der Waals surface area (Å²) in [5, 5.41) is 0. The smallest absolute Gasteiger partial charge is 0.222 e. The Balaban J connectivity index is 2.45. The number of hydrogen-bond donors (Lipinski definition) is 1. The van der Waals surface area contributed by atoms with Gasteiger partial charge in [0.15, 0.2) is 20.9 Å². The molecule has 8 heteroatoms. The van der Waals surface area contributed by atoms with Crippen molar-refractivity contribution in [2.45, 2.75) is 4.08 Å². The summed E-state index contributed by atoms with van der Waals surface area (Å²) in [4.78, 5) is 1.93. The van der Waals surface area contributed by atoms with Gasteiger partial charge in [-0.3, -0.25) is 0 Å². The van der Waals surface area contributed by atoms with Gasteiger partial charge >= 0.3 is 0 Å². The van der Waals surface area contributed by atoms with Crippen LogP contribution < -0.4 is 0 Å². The van der Waals surface area contributed by atoms with Crippen molar-refractivity contribution in [3.05, 3.63) is 71.8 Å².